The molecule has 0 spiro atoms. The van der Waals surface area contributed by atoms with Crippen LogP contribution in [0.5, 0.6) is 0 Å². The maximum atomic E-state index is 12.2. The van der Waals surface area contributed by atoms with Gasteiger partial charge in [-0.15, -0.1) is 0 Å². The number of nitrogens with zero attached hydrogens (tertiary/aromatic N) is 1. The lowest BCUT2D eigenvalue weighted by molar-refractivity contribution is -0.119. The van der Waals surface area contributed by atoms with E-state index in [1.165, 1.54) is 0 Å². The van der Waals surface area contributed by atoms with Crippen molar-refractivity contribution in [3.8, 4) is 0 Å². The average Bonchev–Trinajstić information content (AvgIpc) is 2.49. The van der Waals surface area contributed by atoms with Gasteiger partial charge in [0.05, 0.1) is 13.2 Å². The number of benzene rings is 1. The van der Waals surface area contributed by atoms with Gasteiger partial charge in [-0.2, -0.15) is 0 Å². The molecule has 0 radical (unpaired) electrons. The van der Waals surface area contributed by atoms with E-state index in [-0.39, 0.29) is 5.91 Å². The highest BCUT2D eigenvalue weighted by atomic mass is 16.5. The van der Waals surface area contributed by atoms with Crippen LogP contribution in [0, 0.1) is 0 Å². The summed E-state index contributed by atoms with van der Waals surface area (Å²) in [5.41, 5.74) is 3.14. The Hall–Kier alpha value is -1.81. The van der Waals surface area contributed by atoms with Crippen molar-refractivity contribution in [3.05, 3.63) is 41.6 Å². The van der Waals surface area contributed by atoms with Crippen LogP contribution in [0.2, 0.25) is 0 Å². The zero-order valence-corrected chi connectivity index (χ0v) is 10.9. The van der Waals surface area contributed by atoms with Gasteiger partial charge in [-0.3, -0.25) is 4.79 Å². The highest BCUT2D eigenvalue weighted by Crippen LogP contribution is 2.27. The van der Waals surface area contributed by atoms with Crippen LogP contribution < -0.4 is 5.32 Å². The van der Waals surface area contributed by atoms with Crippen molar-refractivity contribution in [1.82, 2.24) is 10.2 Å². The van der Waals surface area contributed by atoms with Gasteiger partial charge in [-0.1, -0.05) is 30.3 Å². The van der Waals surface area contributed by atoms with Gasteiger partial charge in [0, 0.05) is 19.6 Å². The van der Waals surface area contributed by atoms with Gasteiger partial charge >= 0.3 is 0 Å². The predicted molar refractivity (Wildman–Crippen MR) is 73.4 cm³/mol. The molecule has 19 heavy (non-hydrogen) atoms. The third kappa shape index (κ3) is 2.49. The molecule has 0 atom stereocenters. The Morgan fingerprint density at radius 2 is 1.84 bits per heavy atom. The molecule has 4 heteroatoms. The summed E-state index contributed by atoms with van der Waals surface area (Å²) in [7, 11) is 0. The van der Waals surface area contributed by atoms with E-state index in [1.54, 1.807) is 0 Å². The second-order valence-corrected chi connectivity index (χ2v) is 4.80. The minimum absolute atomic E-state index is 0.0482. The van der Waals surface area contributed by atoms with E-state index in [4.69, 9.17) is 4.74 Å². The molecule has 4 nitrogen and oxygen atoms in total. The number of nitrogens with one attached hydrogen (secondary N) is 1. The molecule has 0 aromatic heterocycles. The Balaban J connectivity index is 2.01. The quantitative estimate of drug-likeness (QED) is 0.868. The van der Waals surface area contributed by atoms with Crippen LogP contribution in [0.4, 0.5) is 0 Å². The smallest absolute Gasteiger partial charge is 0.267 e. The first-order valence-electron chi connectivity index (χ1n) is 6.76. The van der Waals surface area contributed by atoms with Crippen LogP contribution in [0.1, 0.15) is 12.0 Å². The van der Waals surface area contributed by atoms with Crippen LogP contribution in [-0.4, -0.2) is 43.7 Å². The van der Waals surface area contributed by atoms with E-state index < -0.39 is 0 Å². The van der Waals surface area contributed by atoms with Gasteiger partial charge < -0.3 is 15.0 Å². The molecule has 1 aromatic rings. The minimum atomic E-state index is 0.0482. The van der Waals surface area contributed by atoms with Crippen LogP contribution in [0.3, 0.4) is 0 Å². The van der Waals surface area contributed by atoms with Gasteiger partial charge in [0.15, 0.2) is 0 Å². The average molecular weight is 258 g/mol. The fourth-order valence-corrected chi connectivity index (χ4v) is 2.68. The van der Waals surface area contributed by atoms with Gasteiger partial charge in [-0.05, 0) is 17.6 Å². The molecular formula is C15H18N2O2. The fourth-order valence-electron chi connectivity index (χ4n) is 2.68. The molecule has 0 aliphatic carbocycles. The maximum absolute atomic E-state index is 12.2. The van der Waals surface area contributed by atoms with Crippen molar-refractivity contribution in [3.63, 3.8) is 0 Å². The molecule has 1 N–H and O–H groups in total. The monoisotopic (exact) mass is 258 g/mol. The Bertz CT molecular complexity index is 490. The Morgan fingerprint density at radius 1 is 1.11 bits per heavy atom. The first kappa shape index (κ1) is 12.2. The molecule has 2 heterocycles. The summed E-state index contributed by atoms with van der Waals surface area (Å²) >= 11 is 0. The molecule has 100 valence electrons. The summed E-state index contributed by atoms with van der Waals surface area (Å²) in [6, 6.07) is 10.2. The molecular weight excluding hydrogens is 240 g/mol. The number of hydrogen-bond donors (Lipinski definition) is 1. The lowest BCUT2D eigenvalue weighted by Crippen LogP contribution is -2.44. The summed E-state index contributed by atoms with van der Waals surface area (Å²) in [6.45, 7) is 3.69. The second kappa shape index (κ2) is 5.45. The van der Waals surface area contributed by atoms with Crippen molar-refractivity contribution < 1.29 is 9.53 Å². The lowest BCUT2D eigenvalue weighted by Gasteiger charge is -2.34. The van der Waals surface area contributed by atoms with Crippen molar-refractivity contribution >= 4 is 11.5 Å². The number of amides is 1. The van der Waals surface area contributed by atoms with E-state index in [0.717, 1.165) is 42.9 Å². The van der Waals surface area contributed by atoms with E-state index >= 15 is 0 Å². The number of rotatable bonds is 2. The Kier molecular flexibility index (Phi) is 3.51. The largest absolute Gasteiger partial charge is 0.378 e. The zero-order valence-electron chi connectivity index (χ0n) is 10.9. The molecule has 1 amide bonds. The third-order valence-corrected chi connectivity index (χ3v) is 3.61. The molecule has 1 saturated heterocycles. The summed E-state index contributed by atoms with van der Waals surface area (Å²) in [6.07, 6.45) is 0.891. The molecule has 2 aliphatic heterocycles. The van der Waals surface area contributed by atoms with Crippen molar-refractivity contribution in [2.24, 2.45) is 0 Å². The molecule has 0 bridgehead atoms. The SMILES string of the molecule is O=C1NCCC(c2ccccc2)=C1N1CCOCC1. The molecule has 0 unspecified atom stereocenters. The van der Waals surface area contributed by atoms with E-state index in [1.807, 2.05) is 18.2 Å². The van der Waals surface area contributed by atoms with Crippen molar-refractivity contribution in [2.45, 2.75) is 6.42 Å². The number of carbonyl (C=O) groups is 1. The first-order valence-corrected chi connectivity index (χ1v) is 6.76. The molecule has 0 saturated carbocycles. The number of ether oxygens (including phenoxy) is 1. The van der Waals surface area contributed by atoms with Crippen LogP contribution in [-0.2, 0) is 9.53 Å². The fraction of sp³-hybridized carbons (Fsp3) is 0.400. The van der Waals surface area contributed by atoms with Crippen LogP contribution >= 0.6 is 0 Å². The highest BCUT2D eigenvalue weighted by Gasteiger charge is 2.27. The van der Waals surface area contributed by atoms with Crippen molar-refractivity contribution in [1.29, 1.82) is 0 Å². The normalized spacial score (nSPS) is 20.4. The Labute approximate surface area is 113 Å². The lowest BCUT2D eigenvalue weighted by atomic mass is 9.96. The topological polar surface area (TPSA) is 41.6 Å². The van der Waals surface area contributed by atoms with Crippen LogP contribution in [0.25, 0.3) is 5.57 Å². The molecule has 1 aromatic carbocycles. The van der Waals surface area contributed by atoms with E-state index in [9.17, 15) is 4.79 Å². The van der Waals surface area contributed by atoms with Gasteiger partial charge in [-0.25, -0.2) is 0 Å². The predicted octanol–water partition coefficient (Wildman–Crippen LogP) is 1.25. The number of hydrogen-bond acceptors (Lipinski definition) is 3. The molecule has 2 aliphatic rings. The van der Waals surface area contributed by atoms with Gasteiger partial charge in [0.1, 0.15) is 5.70 Å². The summed E-state index contributed by atoms with van der Waals surface area (Å²) in [5, 5.41) is 2.95. The highest BCUT2D eigenvalue weighted by molar-refractivity contribution is 6.02. The summed E-state index contributed by atoms with van der Waals surface area (Å²) in [4.78, 5) is 14.4. The zero-order chi connectivity index (χ0) is 13.1. The van der Waals surface area contributed by atoms with E-state index in [2.05, 4.69) is 22.3 Å². The van der Waals surface area contributed by atoms with Gasteiger partial charge in [0.25, 0.3) is 5.91 Å². The first-order chi connectivity index (χ1) is 9.36. The summed E-state index contributed by atoms with van der Waals surface area (Å²) in [5.74, 6) is 0.0482. The standard InChI is InChI=1S/C15H18N2O2/c18-15-14(17-8-10-19-11-9-17)13(6-7-16-15)12-4-2-1-3-5-12/h1-5H,6-11H2,(H,16,18). The van der Waals surface area contributed by atoms with E-state index in [0.29, 0.717) is 13.2 Å². The van der Waals surface area contributed by atoms with Crippen molar-refractivity contribution in [2.75, 3.05) is 32.8 Å². The Morgan fingerprint density at radius 3 is 2.58 bits per heavy atom. The maximum Gasteiger partial charge on any atom is 0.267 e. The molecule has 3 rings (SSSR count). The second-order valence-electron chi connectivity index (χ2n) is 4.80. The molecule has 1 fully saturated rings. The van der Waals surface area contributed by atoms with Gasteiger partial charge in [0.2, 0.25) is 0 Å². The number of morpholine rings is 1. The summed E-state index contributed by atoms with van der Waals surface area (Å²) < 4.78 is 5.37. The number of carbonyl (C=O) groups excluding carboxylic acids is 1. The third-order valence-electron chi connectivity index (χ3n) is 3.61. The van der Waals surface area contributed by atoms with Crippen LogP contribution in [0.15, 0.2) is 36.0 Å². The minimum Gasteiger partial charge on any atom is -0.378 e.